The molecule has 0 bridgehead atoms. The number of carbonyl (C=O) groups excluding carboxylic acids is 1. The predicted molar refractivity (Wildman–Crippen MR) is 66.1 cm³/mol. The Morgan fingerprint density at radius 1 is 1.42 bits per heavy atom. The van der Waals surface area contributed by atoms with Crippen LogP contribution in [0.2, 0.25) is 0 Å². The molecule has 0 fully saturated rings. The average molecular weight is 256 g/mol. The zero-order valence-corrected chi connectivity index (χ0v) is 10.5. The number of oxazole rings is 1. The van der Waals surface area contributed by atoms with E-state index in [-0.39, 0.29) is 17.6 Å². The summed E-state index contributed by atoms with van der Waals surface area (Å²) in [7, 11) is 0. The van der Waals surface area contributed by atoms with Crippen LogP contribution in [0.1, 0.15) is 40.7 Å². The molecule has 0 aliphatic carbocycles. The van der Waals surface area contributed by atoms with Gasteiger partial charge in [0.15, 0.2) is 0 Å². The van der Waals surface area contributed by atoms with Gasteiger partial charge in [0.25, 0.3) is 5.91 Å². The maximum absolute atomic E-state index is 11.9. The molecule has 0 aliphatic heterocycles. The summed E-state index contributed by atoms with van der Waals surface area (Å²) in [6, 6.07) is 4.64. The summed E-state index contributed by atoms with van der Waals surface area (Å²) in [4.78, 5) is 19.9. The van der Waals surface area contributed by atoms with Crippen molar-refractivity contribution in [3.63, 3.8) is 0 Å². The summed E-state index contributed by atoms with van der Waals surface area (Å²) >= 11 is 0. The molecular weight excluding hydrogens is 244 g/mol. The molecule has 19 heavy (non-hydrogen) atoms. The molecule has 1 unspecified atom stereocenters. The van der Waals surface area contributed by atoms with Gasteiger partial charge in [0.05, 0.1) is 11.8 Å². The van der Waals surface area contributed by atoms with Crippen molar-refractivity contribution in [3.8, 4) is 6.07 Å². The van der Waals surface area contributed by atoms with E-state index in [2.05, 4.69) is 15.3 Å². The van der Waals surface area contributed by atoms with Crippen molar-refractivity contribution in [2.75, 3.05) is 0 Å². The second-order valence-electron chi connectivity index (χ2n) is 4.05. The predicted octanol–water partition coefficient (Wildman–Crippen LogP) is 1.74. The van der Waals surface area contributed by atoms with Crippen LogP contribution in [0.4, 0.5) is 0 Å². The van der Waals surface area contributed by atoms with Crippen LogP contribution in [-0.4, -0.2) is 15.9 Å². The molecule has 1 amide bonds. The van der Waals surface area contributed by atoms with Gasteiger partial charge in [0, 0.05) is 6.20 Å². The molecular formula is C13H12N4O2. The van der Waals surface area contributed by atoms with Gasteiger partial charge in [-0.05, 0) is 26.0 Å². The fraction of sp³-hybridized carbons (Fsp3) is 0.231. The van der Waals surface area contributed by atoms with E-state index >= 15 is 0 Å². The minimum absolute atomic E-state index is 0.245. The van der Waals surface area contributed by atoms with Gasteiger partial charge in [-0.3, -0.25) is 4.79 Å². The summed E-state index contributed by atoms with van der Waals surface area (Å²) < 4.78 is 5.33. The Morgan fingerprint density at radius 3 is 2.74 bits per heavy atom. The third kappa shape index (κ3) is 2.96. The van der Waals surface area contributed by atoms with Crippen molar-refractivity contribution in [1.82, 2.24) is 15.3 Å². The lowest BCUT2D eigenvalue weighted by Crippen LogP contribution is -2.27. The molecule has 6 heteroatoms. The molecule has 1 N–H and O–H groups in total. The van der Waals surface area contributed by atoms with Crippen molar-refractivity contribution in [1.29, 1.82) is 5.26 Å². The first-order chi connectivity index (χ1) is 9.10. The van der Waals surface area contributed by atoms with E-state index in [1.807, 2.05) is 6.07 Å². The number of hydrogen-bond donors (Lipinski definition) is 1. The minimum Gasteiger partial charge on any atom is -0.444 e. The zero-order valence-electron chi connectivity index (χ0n) is 10.5. The first kappa shape index (κ1) is 12.8. The van der Waals surface area contributed by atoms with Crippen molar-refractivity contribution < 1.29 is 9.21 Å². The Morgan fingerprint density at radius 2 is 2.21 bits per heavy atom. The van der Waals surface area contributed by atoms with E-state index < -0.39 is 0 Å². The number of hydrogen-bond acceptors (Lipinski definition) is 5. The lowest BCUT2D eigenvalue weighted by Gasteiger charge is -2.09. The molecule has 2 heterocycles. The fourth-order valence-corrected chi connectivity index (χ4v) is 1.50. The molecule has 96 valence electrons. The molecule has 0 aromatic carbocycles. The standard InChI is InChI=1S/C13H12N4O2/c1-8-6-16-13(19-8)9(2)17-12(18)11-4-3-10(5-14)7-15-11/h3-4,6-7,9H,1-2H3,(H,17,18). The van der Waals surface area contributed by atoms with Crippen molar-refractivity contribution in [2.45, 2.75) is 19.9 Å². The number of aromatic nitrogens is 2. The lowest BCUT2D eigenvalue weighted by molar-refractivity contribution is 0.0929. The fourth-order valence-electron chi connectivity index (χ4n) is 1.50. The number of nitriles is 1. The van der Waals surface area contributed by atoms with E-state index in [9.17, 15) is 4.79 Å². The number of carbonyl (C=O) groups is 1. The maximum Gasteiger partial charge on any atom is 0.270 e. The molecule has 0 spiro atoms. The highest BCUT2D eigenvalue weighted by atomic mass is 16.4. The van der Waals surface area contributed by atoms with E-state index in [1.165, 1.54) is 12.3 Å². The van der Waals surface area contributed by atoms with Crippen LogP contribution in [0.25, 0.3) is 0 Å². The molecule has 0 radical (unpaired) electrons. The van der Waals surface area contributed by atoms with Gasteiger partial charge in [-0.25, -0.2) is 9.97 Å². The Kier molecular flexibility index (Phi) is 3.57. The number of nitrogens with zero attached hydrogens (tertiary/aromatic N) is 3. The van der Waals surface area contributed by atoms with Gasteiger partial charge in [0.1, 0.15) is 23.6 Å². The third-order valence-electron chi connectivity index (χ3n) is 2.48. The monoisotopic (exact) mass is 256 g/mol. The summed E-state index contributed by atoms with van der Waals surface area (Å²) in [6.07, 6.45) is 2.95. The SMILES string of the molecule is Cc1cnc(C(C)NC(=O)c2ccc(C#N)cn2)o1. The van der Waals surface area contributed by atoms with Crippen molar-refractivity contribution in [3.05, 3.63) is 47.4 Å². The Balaban J connectivity index is 2.06. The molecule has 0 saturated carbocycles. The zero-order chi connectivity index (χ0) is 13.8. The highest BCUT2D eigenvalue weighted by Gasteiger charge is 2.16. The van der Waals surface area contributed by atoms with Crippen LogP contribution in [0.5, 0.6) is 0 Å². The largest absolute Gasteiger partial charge is 0.444 e. The molecule has 1 atom stereocenters. The van der Waals surface area contributed by atoms with E-state index in [4.69, 9.17) is 9.68 Å². The van der Waals surface area contributed by atoms with Gasteiger partial charge in [0.2, 0.25) is 5.89 Å². The quantitative estimate of drug-likeness (QED) is 0.903. The molecule has 0 aliphatic rings. The minimum atomic E-state index is -0.348. The van der Waals surface area contributed by atoms with Crippen LogP contribution in [0.15, 0.2) is 28.9 Å². The molecule has 2 aromatic rings. The first-order valence-corrected chi connectivity index (χ1v) is 5.69. The van der Waals surface area contributed by atoms with Crippen LogP contribution in [-0.2, 0) is 0 Å². The van der Waals surface area contributed by atoms with E-state index in [0.717, 1.165) is 0 Å². The topological polar surface area (TPSA) is 91.8 Å². The van der Waals surface area contributed by atoms with Crippen LogP contribution in [0, 0.1) is 18.3 Å². The highest BCUT2D eigenvalue weighted by molar-refractivity contribution is 5.92. The van der Waals surface area contributed by atoms with Gasteiger partial charge < -0.3 is 9.73 Å². The van der Waals surface area contributed by atoms with Gasteiger partial charge >= 0.3 is 0 Å². The maximum atomic E-state index is 11.9. The highest BCUT2D eigenvalue weighted by Crippen LogP contribution is 2.12. The summed E-state index contributed by atoms with van der Waals surface area (Å²) in [5.74, 6) is 0.792. The summed E-state index contributed by atoms with van der Waals surface area (Å²) in [5, 5.41) is 11.4. The Hall–Kier alpha value is -2.68. The van der Waals surface area contributed by atoms with Crippen LogP contribution >= 0.6 is 0 Å². The van der Waals surface area contributed by atoms with Gasteiger partial charge in [-0.1, -0.05) is 0 Å². The van der Waals surface area contributed by atoms with E-state index in [1.54, 1.807) is 26.1 Å². The summed E-state index contributed by atoms with van der Waals surface area (Å²) in [5.41, 5.74) is 0.655. The normalized spacial score (nSPS) is 11.6. The molecule has 2 rings (SSSR count). The number of pyridine rings is 1. The second kappa shape index (κ2) is 5.31. The van der Waals surface area contributed by atoms with Gasteiger partial charge in [-0.15, -0.1) is 0 Å². The number of nitrogens with one attached hydrogen (secondary N) is 1. The molecule has 2 aromatic heterocycles. The first-order valence-electron chi connectivity index (χ1n) is 5.69. The van der Waals surface area contributed by atoms with Gasteiger partial charge in [-0.2, -0.15) is 5.26 Å². The van der Waals surface area contributed by atoms with Crippen LogP contribution in [0.3, 0.4) is 0 Å². The number of rotatable bonds is 3. The molecule has 0 saturated heterocycles. The second-order valence-corrected chi connectivity index (χ2v) is 4.05. The Labute approximate surface area is 110 Å². The van der Waals surface area contributed by atoms with Crippen molar-refractivity contribution >= 4 is 5.91 Å². The Bertz CT molecular complexity index is 625. The lowest BCUT2D eigenvalue weighted by atomic mass is 10.2. The third-order valence-corrected chi connectivity index (χ3v) is 2.48. The van der Waals surface area contributed by atoms with E-state index in [0.29, 0.717) is 17.2 Å². The smallest absolute Gasteiger partial charge is 0.270 e. The average Bonchev–Trinajstić information content (AvgIpc) is 2.85. The number of aryl methyl sites for hydroxylation is 1. The summed E-state index contributed by atoms with van der Waals surface area (Å²) in [6.45, 7) is 3.56. The van der Waals surface area contributed by atoms with Crippen molar-refractivity contribution in [2.24, 2.45) is 0 Å². The number of amides is 1. The molecule has 6 nitrogen and oxygen atoms in total. The van der Waals surface area contributed by atoms with Crippen LogP contribution < -0.4 is 5.32 Å².